The molecule has 1 nitrogen and oxygen atoms in total. The predicted octanol–water partition coefficient (Wildman–Crippen LogP) is 4.68. The quantitative estimate of drug-likeness (QED) is 0.523. The van der Waals surface area contributed by atoms with Gasteiger partial charge in [-0.25, -0.2) is 0 Å². The second-order valence-electron chi connectivity index (χ2n) is 4.39. The first-order chi connectivity index (χ1) is 7.07. The summed E-state index contributed by atoms with van der Waals surface area (Å²) >= 11 is 0. The molecule has 0 bridgehead atoms. The molecule has 0 amide bonds. The molecule has 0 radical (unpaired) electrons. The van der Waals surface area contributed by atoms with E-state index in [0.717, 1.165) is 18.4 Å². The van der Waals surface area contributed by atoms with Gasteiger partial charge in [-0.2, -0.15) is 0 Å². The van der Waals surface area contributed by atoms with Crippen LogP contribution >= 0.6 is 0 Å². The Labute approximate surface area is 93.2 Å². The maximum atomic E-state index is 9.98. The fourth-order valence-corrected chi connectivity index (χ4v) is 1.91. The summed E-state index contributed by atoms with van der Waals surface area (Å²) < 4.78 is 0. The van der Waals surface area contributed by atoms with E-state index in [1.54, 1.807) is 0 Å². The maximum Gasteiger partial charge on any atom is 0.0997 e. The fourth-order valence-electron chi connectivity index (χ4n) is 1.91. The van der Waals surface area contributed by atoms with Crippen LogP contribution in [0.3, 0.4) is 0 Å². The van der Waals surface area contributed by atoms with Crippen LogP contribution in [0.25, 0.3) is 0 Å². The summed E-state index contributed by atoms with van der Waals surface area (Å²) in [5, 5.41) is 9.98. The summed E-state index contributed by atoms with van der Waals surface area (Å²) in [7, 11) is 0. The molecule has 0 aromatic heterocycles. The second kappa shape index (κ2) is 5.20. The molecular formula is C14H22O. The molecule has 1 N–H and O–H groups in total. The van der Waals surface area contributed by atoms with Crippen LogP contribution in [0.5, 0.6) is 0 Å². The van der Waals surface area contributed by atoms with Crippen molar-refractivity contribution in [3.8, 4) is 0 Å². The average molecular weight is 206 g/mol. The van der Waals surface area contributed by atoms with Crippen LogP contribution in [0, 0.1) is 0 Å². The number of allylic oxidation sites excluding steroid dienone is 6. The molecule has 0 atom stereocenters. The summed E-state index contributed by atoms with van der Waals surface area (Å²) in [6.45, 7) is 8.49. The van der Waals surface area contributed by atoms with Gasteiger partial charge in [0.1, 0.15) is 0 Å². The minimum atomic E-state index is 0.567. The van der Waals surface area contributed by atoms with Crippen molar-refractivity contribution in [1.29, 1.82) is 0 Å². The Morgan fingerprint density at radius 1 is 1.13 bits per heavy atom. The lowest BCUT2D eigenvalue weighted by molar-refractivity contribution is 0.377. The number of hydrogen-bond donors (Lipinski definition) is 1. The van der Waals surface area contributed by atoms with Gasteiger partial charge in [-0.05, 0) is 50.0 Å². The molecule has 84 valence electrons. The van der Waals surface area contributed by atoms with Gasteiger partial charge in [-0.15, -0.1) is 0 Å². The van der Waals surface area contributed by atoms with E-state index < -0.39 is 0 Å². The van der Waals surface area contributed by atoms with Crippen molar-refractivity contribution in [2.75, 3.05) is 0 Å². The fraction of sp³-hybridized carbons (Fsp3) is 0.571. The summed E-state index contributed by atoms with van der Waals surface area (Å²) in [4.78, 5) is 0. The van der Waals surface area contributed by atoms with E-state index in [1.165, 1.54) is 29.6 Å². The lowest BCUT2D eigenvalue weighted by atomic mass is 10.0. The van der Waals surface area contributed by atoms with Crippen molar-refractivity contribution in [2.24, 2.45) is 0 Å². The zero-order valence-corrected chi connectivity index (χ0v) is 10.4. The first-order valence-corrected chi connectivity index (χ1v) is 5.86. The highest BCUT2D eigenvalue weighted by atomic mass is 16.3. The molecule has 0 fully saturated rings. The van der Waals surface area contributed by atoms with Gasteiger partial charge in [-0.1, -0.05) is 19.8 Å². The van der Waals surface area contributed by atoms with E-state index >= 15 is 0 Å². The lowest BCUT2D eigenvalue weighted by Crippen LogP contribution is -1.90. The van der Waals surface area contributed by atoms with Gasteiger partial charge in [0.15, 0.2) is 0 Å². The van der Waals surface area contributed by atoms with E-state index in [2.05, 4.69) is 33.8 Å². The van der Waals surface area contributed by atoms with Crippen LogP contribution in [0.1, 0.15) is 53.4 Å². The molecule has 0 aromatic carbocycles. The second-order valence-corrected chi connectivity index (χ2v) is 4.39. The van der Waals surface area contributed by atoms with E-state index in [-0.39, 0.29) is 0 Å². The Kier molecular flexibility index (Phi) is 4.19. The summed E-state index contributed by atoms with van der Waals surface area (Å²) in [6.07, 6.45) is 6.40. The molecule has 0 heterocycles. The zero-order chi connectivity index (χ0) is 11.4. The minimum Gasteiger partial charge on any atom is -0.512 e. The Balaban J connectivity index is 2.75. The molecule has 0 saturated heterocycles. The van der Waals surface area contributed by atoms with Gasteiger partial charge < -0.3 is 5.11 Å². The molecule has 1 rings (SSSR count). The van der Waals surface area contributed by atoms with Gasteiger partial charge in [0.05, 0.1) is 5.76 Å². The highest BCUT2D eigenvalue weighted by molar-refractivity contribution is 5.57. The molecule has 15 heavy (non-hydrogen) atoms. The van der Waals surface area contributed by atoms with Crippen molar-refractivity contribution >= 4 is 0 Å². The molecular weight excluding hydrogens is 184 g/mol. The van der Waals surface area contributed by atoms with Crippen LogP contribution in [0.4, 0.5) is 0 Å². The smallest absolute Gasteiger partial charge is 0.0997 e. The molecule has 0 spiro atoms. The van der Waals surface area contributed by atoms with Crippen LogP contribution in [-0.4, -0.2) is 5.11 Å². The van der Waals surface area contributed by atoms with Crippen LogP contribution in [-0.2, 0) is 0 Å². The predicted molar refractivity (Wildman–Crippen MR) is 65.9 cm³/mol. The summed E-state index contributed by atoms with van der Waals surface area (Å²) in [5.41, 5.74) is 4.89. The van der Waals surface area contributed by atoms with E-state index in [1.807, 2.05) is 0 Å². The van der Waals surface area contributed by atoms with Crippen molar-refractivity contribution in [2.45, 2.75) is 53.4 Å². The van der Waals surface area contributed by atoms with Crippen LogP contribution in [0.2, 0.25) is 0 Å². The third-order valence-electron chi connectivity index (χ3n) is 3.25. The molecule has 0 saturated carbocycles. The normalized spacial score (nSPS) is 19.6. The molecule has 0 aliphatic heterocycles. The SMILES string of the molecule is CCCCC/C(O)=C1\C=C(C)C(C)=C1C. The highest BCUT2D eigenvalue weighted by Gasteiger charge is 2.15. The Morgan fingerprint density at radius 3 is 2.27 bits per heavy atom. The van der Waals surface area contributed by atoms with E-state index in [9.17, 15) is 5.11 Å². The molecule has 1 aliphatic rings. The van der Waals surface area contributed by atoms with Crippen molar-refractivity contribution in [3.63, 3.8) is 0 Å². The first kappa shape index (κ1) is 12.1. The van der Waals surface area contributed by atoms with Gasteiger partial charge in [-0.3, -0.25) is 0 Å². The monoisotopic (exact) mass is 206 g/mol. The maximum absolute atomic E-state index is 9.98. The number of unbranched alkanes of at least 4 members (excludes halogenated alkanes) is 2. The molecule has 0 aromatic rings. The van der Waals surface area contributed by atoms with Gasteiger partial charge in [0, 0.05) is 12.0 Å². The van der Waals surface area contributed by atoms with Crippen LogP contribution in [0.15, 0.2) is 34.1 Å². The first-order valence-electron chi connectivity index (χ1n) is 5.86. The highest BCUT2D eigenvalue weighted by Crippen LogP contribution is 2.32. The molecule has 1 heteroatoms. The third kappa shape index (κ3) is 2.74. The number of hydrogen-bond acceptors (Lipinski definition) is 1. The number of rotatable bonds is 4. The topological polar surface area (TPSA) is 20.2 Å². The average Bonchev–Trinajstić information content (AvgIpc) is 2.46. The van der Waals surface area contributed by atoms with Gasteiger partial charge in [0.25, 0.3) is 0 Å². The summed E-state index contributed by atoms with van der Waals surface area (Å²) in [6, 6.07) is 0. The van der Waals surface area contributed by atoms with Crippen LogP contribution < -0.4 is 0 Å². The van der Waals surface area contributed by atoms with E-state index in [4.69, 9.17) is 0 Å². The standard InChI is InChI=1S/C14H22O/c1-5-6-7-8-14(15)13-9-10(2)11(3)12(13)4/h9,15H,5-8H2,1-4H3/b14-13-. The number of aliphatic hydroxyl groups is 1. The summed E-state index contributed by atoms with van der Waals surface area (Å²) in [5.74, 6) is 0.567. The Bertz CT molecular complexity index is 329. The lowest BCUT2D eigenvalue weighted by Gasteiger charge is -2.05. The molecule has 0 unspecified atom stereocenters. The van der Waals surface area contributed by atoms with Crippen molar-refractivity contribution in [3.05, 3.63) is 34.1 Å². The zero-order valence-electron chi connectivity index (χ0n) is 10.4. The Morgan fingerprint density at radius 2 is 1.80 bits per heavy atom. The van der Waals surface area contributed by atoms with Crippen molar-refractivity contribution in [1.82, 2.24) is 0 Å². The third-order valence-corrected chi connectivity index (χ3v) is 3.25. The van der Waals surface area contributed by atoms with Gasteiger partial charge >= 0.3 is 0 Å². The van der Waals surface area contributed by atoms with Crippen molar-refractivity contribution < 1.29 is 5.11 Å². The van der Waals surface area contributed by atoms with Gasteiger partial charge in [0.2, 0.25) is 0 Å². The largest absolute Gasteiger partial charge is 0.512 e. The number of aliphatic hydroxyl groups excluding tert-OH is 1. The minimum absolute atomic E-state index is 0.567. The molecule has 1 aliphatic carbocycles. The van der Waals surface area contributed by atoms with E-state index in [0.29, 0.717) is 5.76 Å². The Hall–Kier alpha value is -0.980.